The van der Waals surface area contributed by atoms with Crippen LogP contribution in [0.3, 0.4) is 0 Å². The highest BCUT2D eigenvalue weighted by atomic mass is 32.2. The van der Waals surface area contributed by atoms with E-state index in [0.717, 1.165) is 4.31 Å². The Labute approximate surface area is 206 Å². The highest BCUT2D eigenvalue weighted by Crippen LogP contribution is 2.38. The van der Waals surface area contributed by atoms with Gasteiger partial charge in [-0.3, -0.25) is 0 Å². The Morgan fingerprint density at radius 3 is 2.22 bits per heavy atom. The number of hydrogen-bond donors (Lipinski definition) is 1. The molecule has 0 unspecified atom stereocenters. The molecule has 1 amide bonds. The number of rotatable bonds is 5. The van der Waals surface area contributed by atoms with E-state index in [0.29, 0.717) is 0 Å². The van der Waals surface area contributed by atoms with Crippen molar-refractivity contribution in [3.05, 3.63) is 18.0 Å². The molecular formula is C21H28F3N5O6S. The van der Waals surface area contributed by atoms with Gasteiger partial charge in [0.2, 0.25) is 5.82 Å². The van der Waals surface area contributed by atoms with Crippen molar-refractivity contribution in [2.24, 2.45) is 0 Å². The molecular weight excluding hydrogens is 507 g/mol. The van der Waals surface area contributed by atoms with E-state index in [4.69, 9.17) is 14.2 Å². The average molecular weight is 536 g/mol. The molecule has 2 aromatic rings. The summed E-state index contributed by atoms with van der Waals surface area (Å²) in [6.07, 6.45) is -5.68. The van der Waals surface area contributed by atoms with E-state index in [1.165, 1.54) is 26.4 Å². The molecule has 15 heteroatoms. The number of aromatic nitrogens is 2. The molecule has 2 heterocycles. The van der Waals surface area contributed by atoms with Crippen LogP contribution in [0.5, 0.6) is 11.5 Å². The summed E-state index contributed by atoms with van der Waals surface area (Å²) in [5.41, 5.74) is -0.909. The third-order valence-corrected chi connectivity index (χ3v) is 6.61. The second-order valence-electron chi connectivity index (χ2n) is 8.94. The van der Waals surface area contributed by atoms with Gasteiger partial charge in [-0.2, -0.15) is 25.9 Å². The molecule has 1 aliphatic heterocycles. The number of fused-ring (bicyclic) bond motifs is 1. The van der Waals surface area contributed by atoms with Gasteiger partial charge in [-0.15, -0.1) is 0 Å². The van der Waals surface area contributed by atoms with Gasteiger partial charge in [-0.25, -0.2) is 19.5 Å². The summed E-state index contributed by atoms with van der Waals surface area (Å²) in [5.74, 6) is -0.885. The van der Waals surface area contributed by atoms with Crippen molar-refractivity contribution < 1.29 is 40.6 Å². The molecule has 1 aromatic heterocycles. The number of ether oxygens (including phenoxy) is 3. The molecule has 1 fully saturated rings. The number of hydrogen-bond acceptors (Lipinski definition) is 9. The van der Waals surface area contributed by atoms with E-state index in [-0.39, 0.29) is 60.8 Å². The lowest BCUT2D eigenvalue weighted by molar-refractivity contribution is -0.144. The fourth-order valence-corrected chi connectivity index (χ4v) is 4.69. The van der Waals surface area contributed by atoms with Crippen LogP contribution in [-0.4, -0.2) is 74.8 Å². The Morgan fingerprint density at radius 2 is 1.64 bits per heavy atom. The minimum atomic E-state index is -4.81. The number of halogens is 3. The number of nitrogens with one attached hydrogen (secondary N) is 1. The normalized spacial score (nSPS) is 15.9. The van der Waals surface area contributed by atoms with E-state index in [9.17, 15) is 26.4 Å². The summed E-state index contributed by atoms with van der Waals surface area (Å²) in [6, 6.07) is 2.81. The van der Waals surface area contributed by atoms with Crippen LogP contribution in [0.4, 0.5) is 23.8 Å². The van der Waals surface area contributed by atoms with Gasteiger partial charge in [0, 0.05) is 37.6 Å². The Balaban J connectivity index is 1.94. The Kier molecular flexibility index (Phi) is 7.74. The first-order chi connectivity index (χ1) is 16.6. The fraction of sp³-hybridized carbons (Fsp3) is 0.571. The number of anilines is 1. The number of alkyl halides is 3. The molecule has 1 aliphatic rings. The third-order valence-electron chi connectivity index (χ3n) is 5.14. The summed E-state index contributed by atoms with van der Waals surface area (Å²) < 4.78 is 84.6. The Hall–Kier alpha value is -3.07. The van der Waals surface area contributed by atoms with Crippen LogP contribution < -0.4 is 19.1 Å². The van der Waals surface area contributed by atoms with Crippen molar-refractivity contribution in [3.63, 3.8) is 0 Å². The van der Waals surface area contributed by atoms with Crippen molar-refractivity contribution in [2.45, 2.75) is 39.0 Å². The van der Waals surface area contributed by atoms with E-state index < -0.39 is 33.9 Å². The maximum absolute atomic E-state index is 13.6. The van der Waals surface area contributed by atoms with Gasteiger partial charge in [-0.1, -0.05) is 0 Å². The van der Waals surface area contributed by atoms with Crippen LogP contribution in [0.1, 0.15) is 33.0 Å². The summed E-state index contributed by atoms with van der Waals surface area (Å²) in [5, 5.41) is 0.281. The molecule has 0 aliphatic carbocycles. The van der Waals surface area contributed by atoms with Crippen molar-refractivity contribution in [1.82, 2.24) is 19.0 Å². The number of amides is 1. The number of methoxy groups -OCH3 is 2. The zero-order chi connectivity index (χ0) is 26.9. The van der Waals surface area contributed by atoms with Crippen molar-refractivity contribution in [2.75, 3.05) is 45.3 Å². The average Bonchev–Trinajstić information content (AvgIpc) is 3.01. The minimum Gasteiger partial charge on any atom is -0.493 e. The molecule has 200 valence electrons. The summed E-state index contributed by atoms with van der Waals surface area (Å²) in [6.45, 7) is 4.90. The van der Waals surface area contributed by atoms with Gasteiger partial charge in [-0.05, 0) is 33.3 Å². The van der Waals surface area contributed by atoms with Gasteiger partial charge in [0.15, 0.2) is 11.5 Å². The number of benzene rings is 1. The molecule has 0 bridgehead atoms. The minimum absolute atomic E-state index is 0.00693. The van der Waals surface area contributed by atoms with E-state index in [1.807, 2.05) is 4.72 Å². The van der Waals surface area contributed by atoms with Crippen LogP contribution in [0.15, 0.2) is 12.1 Å². The van der Waals surface area contributed by atoms with Crippen molar-refractivity contribution >= 4 is 33.0 Å². The lowest BCUT2D eigenvalue weighted by Crippen LogP contribution is -2.46. The SMILES string of the molecule is COc1cc2nc(C(F)(F)F)nc(N3CCCN(S(=O)(=O)NC(=O)OC(C)(C)C)CC3)c2cc1OC. The van der Waals surface area contributed by atoms with Gasteiger partial charge in [0.1, 0.15) is 11.4 Å². The van der Waals surface area contributed by atoms with E-state index in [1.54, 1.807) is 25.7 Å². The van der Waals surface area contributed by atoms with Crippen molar-refractivity contribution in [1.29, 1.82) is 0 Å². The van der Waals surface area contributed by atoms with Crippen LogP contribution >= 0.6 is 0 Å². The predicted octanol–water partition coefficient (Wildman–Crippen LogP) is 2.95. The lowest BCUT2D eigenvalue weighted by atomic mass is 10.2. The maximum atomic E-state index is 13.6. The molecule has 0 saturated carbocycles. The van der Waals surface area contributed by atoms with Crippen LogP contribution in [0, 0.1) is 0 Å². The van der Waals surface area contributed by atoms with E-state index in [2.05, 4.69) is 9.97 Å². The Bertz CT molecular complexity index is 1230. The van der Waals surface area contributed by atoms with Crippen LogP contribution in [0.2, 0.25) is 0 Å². The maximum Gasteiger partial charge on any atom is 0.451 e. The van der Waals surface area contributed by atoms with E-state index >= 15 is 0 Å². The third kappa shape index (κ3) is 6.37. The predicted molar refractivity (Wildman–Crippen MR) is 124 cm³/mol. The second-order valence-corrected chi connectivity index (χ2v) is 10.6. The van der Waals surface area contributed by atoms with Gasteiger partial charge < -0.3 is 19.1 Å². The zero-order valence-electron chi connectivity index (χ0n) is 20.5. The number of carbonyl (C=O) groups excluding carboxylic acids is 1. The largest absolute Gasteiger partial charge is 0.493 e. The first-order valence-electron chi connectivity index (χ1n) is 10.9. The summed E-state index contributed by atoms with van der Waals surface area (Å²) >= 11 is 0. The highest BCUT2D eigenvalue weighted by molar-refractivity contribution is 7.87. The quantitative estimate of drug-likeness (QED) is 0.616. The molecule has 11 nitrogen and oxygen atoms in total. The molecule has 3 rings (SSSR count). The fourth-order valence-electron chi connectivity index (χ4n) is 3.62. The molecule has 1 aromatic carbocycles. The molecule has 0 radical (unpaired) electrons. The van der Waals surface area contributed by atoms with Gasteiger partial charge in [0.25, 0.3) is 0 Å². The van der Waals surface area contributed by atoms with Crippen molar-refractivity contribution in [3.8, 4) is 11.5 Å². The molecule has 1 saturated heterocycles. The molecule has 0 spiro atoms. The monoisotopic (exact) mass is 535 g/mol. The summed E-state index contributed by atoms with van der Waals surface area (Å²) in [7, 11) is -1.50. The number of nitrogens with zero attached hydrogens (tertiary/aromatic N) is 4. The Morgan fingerprint density at radius 1 is 1.00 bits per heavy atom. The molecule has 36 heavy (non-hydrogen) atoms. The first-order valence-corrected chi connectivity index (χ1v) is 12.4. The van der Waals surface area contributed by atoms with Gasteiger partial charge >= 0.3 is 22.5 Å². The second kappa shape index (κ2) is 10.1. The number of carbonyl (C=O) groups is 1. The lowest BCUT2D eigenvalue weighted by Gasteiger charge is -2.25. The summed E-state index contributed by atoms with van der Waals surface area (Å²) in [4.78, 5) is 21.0. The topological polar surface area (TPSA) is 123 Å². The smallest absolute Gasteiger partial charge is 0.451 e. The van der Waals surface area contributed by atoms with Crippen LogP contribution in [0.25, 0.3) is 10.9 Å². The zero-order valence-corrected chi connectivity index (χ0v) is 21.3. The molecule has 1 N–H and O–H groups in total. The highest BCUT2D eigenvalue weighted by Gasteiger charge is 2.37. The standard InChI is InChI=1S/C21H28F3N5O6S/c1-20(2,3)35-19(30)27-36(31,32)29-8-6-7-28(9-10-29)17-13-11-15(33-4)16(34-5)12-14(13)25-18(26-17)21(22,23)24/h11-12H,6-10H2,1-5H3,(H,27,30). The van der Waals surface area contributed by atoms with Gasteiger partial charge in [0.05, 0.1) is 19.7 Å². The molecule has 0 atom stereocenters. The van der Waals surface area contributed by atoms with Crippen LogP contribution in [-0.2, 0) is 21.1 Å². The first kappa shape index (κ1) is 27.5.